The zero-order valence-corrected chi connectivity index (χ0v) is 13.6. The Balaban J connectivity index is 2.32. The Kier molecular flexibility index (Phi) is 5.13. The van der Waals surface area contributed by atoms with Crippen molar-refractivity contribution in [3.05, 3.63) is 46.9 Å². The van der Waals surface area contributed by atoms with Gasteiger partial charge in [0.15, 0.2) is 5.11 Å². The van der Waals surface area contributed by atoms with Crippen LogP contribution in [-0.4, -0.2) is 17.7 Å². The second-order valence-corrected chi connectivity index (χ2v) is 6.02. The molecule has 0 aromatic heterocycles. The topological polar surface area (TPSA) is 50.4 Å². The Morgan fingerprint density at radius 3 is 2.59 bits per heavy atom. The van der Waals surface area contributed by atoms with E-state index in [0.717, 1.165) is 5.56 Å². The van der Waals surface area contributed by atoms with Gasteiger partial charge in [0.2, 0.25) is 0 Å². The van der Waals surface area contributed by atoms with Gasteiger partial charge in [-0.2, -0.15) is 0 Å². The Labute approximate surface area is 134 Å². The number of allylic oxidation sites excluding steroid dienone is 1. The van der Waals surface area contributed by atoms with E-state index in [2.05, 4.69) is 10.6 Å². The molecule has 1 aromatic carbocycles. The maximum absolute atomic E-state index is 13.1. The van der Waals surface area contributed by atoms with E-state index in [-0.39, 0.29) is 11.7 Å². The molecule has 0 saturated heterocycles. The maximum Gasteiger partial charge on any atom is 0.338 e. The first kappa shape index (κ1) is 16.4. The quantitative estimate of drug-likeness (QED) is 0.659. The molecule has 0 unspecified atom stereocenters. The molecule has 0 fully saturated rings. The maximum atomic E-state index is 13.1. The lowest BCUT2D eigenvalue weighted by Gasteiger charge is -2.30. The summed E-state index contributed by atoms with van der Waals surface area (Å²) in [4.78, 5) is 12.4. The molecule has 0 amide bonds. The minimum atomic E-state index is -0.450. The fourth-order valence-corrected chi connectivity index (χ4v) is 2.46. The fraction of sp³-hybridized carbons (Fsp3) is 0.375. The second kappa shape index (κ2) is 6.87. The summed E-state index contributed by atoms with van der Waals surface area (Å²) in [5, 5.41) is 6.40. The Bertz CT molecular complexity index is 611. The monoisotopic (exact) mass is 322 g/mol. The van der Waals surface area contributed by atoms with Crippen molar-refractivity contribution in [2.45, 2.75) is 26.8 Å². The Morgan fingerprint density at radius 1 is 1.36 bits per heavy atom. The number of halogens is 1. The van der Waals surface area contributed by atoms with Crippen LogP contribution >= 0.6 is 12.2 Å². The van der Waals surface area contributed by atoms with Gasteiger partial charge in [0.1, 0.15) is 5.82 Å². The number of ether oxygens (including phenoxy) is 1. The summed E-state index contributed by atoms with van der Waals surface area (Å²) in [5.74, 6) is -0.479. The summed E-state index contributed by atoms with van der Waals surface area (Å²) >= 11 is 5.15. The lowest BCUT2D eigenvalue weighted by atomic mass is 9.95. The van der Waals surface area contributed by atoms with Crippen molar-refractivity contribution in [1.82, 2.24) is 10.6 Å². The molecule has 1 atom stereocenters. The molecular weight excluding hydrogens is 303 g/mol. The number of thiocarbonyl (C=S) groups is 1. The van der Waals surface area contributed by atoms with Gasteiger partial charge >= 0.3 is 5.97 Å². The van der Waals surface area contributed by atoms with Gasteiger partial charge in [-0.05, 0) is 42.8 Å². The molecule has 6 heteroatoms. The molecule has 1 aliphatic heterocycles. The molecule has 0 radical (unpaired) electrons. The number of carbonyl (C=O) groups is 1. The van der Waals surface area contributed by atoms with Gasteiger partial charge in [0.05, 0.1) is 18.2 Å². The molecule has 0 bridgehead atoms. The van der Waals surface area contributed by atoms with Crippen LogP contribution in [0.2, 0.25) is 0 Å². The molecular formula is C16H19FN2O2S. The van der Waals surface area contributed by atoms with Gasteiger partial charge in [-0.15, -0.1) is 0 Å². The van der Waals surface area contributed by atoms with E-state index in [4.69, 9.17) is 17.0 Å². The predicted molar refractivity (Wildman–Crippen MR) is 86.5 cm³/mol. The van der Waals surface area contributed by atoms with Crippen molar-refractivity contribution in [1.29, 1.82) is 0 Å². The molecule has 118 valence electrons. The number of rotatable bonds is 4. The molecule has 2 rings (SSSR count). The SMILES string of the molecule is CC1=C(C(=O)OCC(C)C)[C@H](c2ccc(F)cc2)NC(=S)N1. The van der Waals surface area contributed by atoms with E-state index >= 15 is 0 Å². The average Bonchev–Trinajstić information content (AvgIpc) is 2.44. The zero-order chi connectivity index (χ0) is 16.3. The summed E-state index contributed by atoms with van der Waals surface area (Å²) in [6.07, 6.45) is 0. The van der Waals surface area contributed by atoms with E-state index in [1.807, 2.05) is 13.8 Å². The molecule has 1 aromatic rings. The number of esters is 1. The summed E-state index contributed by atoms with van der Waals surface area (Å²) in [6, 6.07) is 5.52. The van der Waals surface area contributed by atoms with Crippen LogP contribution in [0.15, 0.2) is 35.5 Å². The number of benzene rings is 1. The van der Waals surface area contributed by atoms with Crippen LogP contribution in [-0.2, 0) is 9.53 Å². The third-order valence-corrected chi connectivity index (χ3v) is 3.46. The van der Waals surface area contributed by atoms with Gasteiger partial charge in [0.25, 0.3) is 0 Å². The van der Waals surface area contributed by atoms with Crippen molar-refractivity contribution in [3.8, 4) is 0 Å². The highest BCUT2D eigenvalue weighted by atomic mass is 32.1. The third kappa shape index (κ3) is 3.82. The molecule has 2 N–H and O–H groups in total. The average molecular weight is 322 g/mol. The lowest BCUT2D eigenvalue weighted by Crippen LogP contribution is -2.45. The minimum Gasteiger partial charge on any atom is -0.462 e. The fourth-order valence-electron chi connectivity index (χ4n) is 2.19. The van der Waals surface area contributed by atoms with E-state index < -0.39 is 12.0 Å². The summed E-state index contributed by atoms with van der Waals surface area (Å²) in [6.45, 7) is 6.06. The van der Waals surface area contributed by atoms with Crippen LogP contribution in [0.4, 0.5) is 4.39 Å². The Hall–Kier alpha value is -1.95. The summed E-state index contributed by atoms with van der Waals surface area (Å²) < 4.78 is 18.4. The van der Waals surface area contributed by atoms with E-state index in [1.165, 1.54) is 12.1 Å². The van der Waals surface area contributed by atoms with Crippen molar-refractivity contribution < 1.29 is 13.9 Å². The van der Waals surface area contributed by atoms with Gasteiger partial charge in [-0.1, -0.05) is 26.0 Å². The highest BCUT2D eigenvalue weighted by Crippen LogP contribution is 2.27. The molecule has 0 saturated carbocycles. The number of hydrogen-bond acceptors (Lipinski definition) is 3. The Morgan fingerprint density at radius 2 is 2.00 bits per heavy atom. The van der Waals surface area contributed by atoms with Crippen LogP contribution in [0, 0.1) is 11.7 Å². The van der Waals surface area contributed by atoms with Gasteiger partial charge in [-0.3, -0.25) is 0 Å². The van der Waals surface area contributed by atoms with Crippen molar-refractivity contribution >= 4 is 23.3 Å². The number of carbonyl (C=O) groups excluding carboxylic acids is 1. The molecule has 4 nitrogen and oxygen atoms in total. The standard InChI is InChI=1S/C16H19FN2O2S/c1-9(2)8-21-15(20)13-10(3)18-16(22)19-14(13)11-4-6-12(17)7-5-11/h4-7,9,14H,8H2,1-3H3,(H2,18,19,22)/t14-/m0/s1. The lowest BCUT2D eigenvalue weighted by molar-refractivity contribution is -0.140. The van der Waals surface area contributed by atoms with Crippen LogP contribution in [0.3, 0.4) is 0 Å². The van der Waals surface area contributed by atoms with Gasteiger partial charge < -0.3 is 15.4 Å². The largest absolute Gasteiger partial charge is 0.462 e. The highest BCUT2D eigenvalue weighted by Gasteiger charge is 2.31. The normalized spacial score (nSPS) is 18.0. The molecule has 0 aliphatic carbocycles. The molecule has 0 spiro atoms. The zero-order valence-electron chi connectivity index (χ0n) is 12.8. The highest BCUT2D eigenvalue weighted by molar-refractivity contribution is 7.80. The summed E-state index contributed by atoms with van der Waals surface area (Å²) in [7, 11) is 0. The number of nitrogens with one attached hydrogen (secondary N) is 2. The van der Waals surface area contributed by atoms with E-state index in [1.54, 1.807) is 19.1 Å². The molecule has 1 aliphatic rings. The minimum absolute atomic E-state index is 0.250. The van der Waals surface area contributed by atoms with Crippen molar-refractivity contribution in [3.63, 3.8) is 0 Å². The first-order valence-electron chi connectivity index (χ1n) is 7.09. The summed E-state index contributed by atoms with van der Waals surface area (Å²) in [5.41, 5.74) is 1.86. The first-order chi connectivity index (χ1) is 10.4. The van der Waals surface area contributed by atoms with Gasteiger partial charge in [-0.25, -0.2) is 9.18 Å². The van der Waals surface area contributed by atoms with Crippen LogP contribution < -0.4 is 10.6 Å². The second-order valence-electron chi connectivity index (χ2n) is 5.61. The first-order valence-corrected chi connectivity index (χ1v) is 7.50. The third-order valence-electron chi connectivity index (χ3n) is 3.24. The van der Waals surface area contributed by atoms with Crippen LogP contribution in [0.1, 0.15) is 32.4 Å². The van der Waals surface area contributed by atoms with Crippen LogP contribution in [0.5, 0.6) is 0 Å². The smallest absolute Gasteiger partial charge is 0.338 e. The number of hydrogen-bond donors (Lipinski definition) is 2. The molecule has 1 heterocycles. The van der Waals surface area contributed by atoms with Crippen LogP contribution in [0.25, 0.3) is 0 Å². The van der Waals surface area contributed by atoms with Crippen molar-refractivity contribution in [2.75, 3.05) is 6.61 Å². The van der Waals surface area contributed by atoms with E-state index in [0.29, 0.717) is 23.0 Å². The predicted octanol–water partition coefficient (Wildman–Crippen LogP) is 2.82. The van der Waals surface area contributed by atoms with Gasteiger partial charge in [0, 0.05) is 5.70 Å². The van der Waals surface area contributed by atoms with E-state index in [9.17, 15) is 9.18 Å². The van der Waals surface area contributed by atoms with Crippen molar-refractivity contribution in [2.24, 2.45) is 5.92 Å². The molecule has 22 heavy (non-hydrogen) atoms.